The molecule has 412 valence electrons. The molecule has 0 fully saturated rings. The molecule has 2 atom stereocenters. The zero-order chi connectivity index (χ0) is 52.0. The monoisotopic (exact) mass is 999 g/mol. The maximum absolute atomic E-state index is 12.9. The smallest absolute Gasteiger partial charge is 0.361 e. The summed E-state index contributed by atoms with van der Waals surface area (Å²) in [5, 5.41) is 9.70. The van der Waals surface area contributed by atoms with Gasteiger partial charge in [-0.15, -0.1) is 0 Å². The summed E-state index contributed by atoms with van der Waals surface area (Å²) < 4.78 is 22.9. The number of nitrogens with zero attached hydrogens (tertiary/aromatic N) is 1. The van der Waals surface area contributed by atoms with E-state index in [9.17, 15) is 19.5 Å². The van der Waals surface area contributed by atoms with E-state index >= 15 is 0 Å². The van der Waals surface area contributed by atoms with Crippen molar-refractivity contribution < 1.29 is 42.9 Å². The number of likely N-dealkylation sites (N-methyl/N-ethyl adjacent to an activating group) is 1. The van der Waals surface area contributed by atoms with Crippen molar-refractivity contribution in [2.75, 3.05) is 47.5 Å². The lowest BCUT2D eigenvalue weighted by molar-refractivity contribution is -0.870. The Labute approximate surface area is 437 Å². The topological polar surface area (TPSA) is 108 Å². The Hall–Kier alpha value is -3.01. The van der Waals surface area contributed by atoms with Crippen LogP contribution in [0.4, 0.5) is 0 Å². The van der Waals surface area contributed by atoms with Gasteiger partial charge in [-0.25, -0.2) is 4.79 Å². The highest BCUT2D eigenvalue weighted by atomic mass is 16.7. The fraction of sp³-hybridized carbons (Fsp3) is 0.790. The van der Waals surface area contributed by atoms with Gasteiger partial charge < -0.3 is 28.5 Å². The number of unbranched alkanes of at least 4 members (excludes halogenated alkanes) is 29. The van der Waals surface area contributed by atoms with E-state index in [1.54, 1.807) is 0 Å². The van der Waals surface area contributed by atoms with Crippen molar-refractivity contribution in [1.82, 2.24) is 0 Å². The van der Waals surface area contributed by atoms with Gasteiger partial charge in [-0.2, -0.15) is 0 Å². The fourth-order valence-electron chi connectivity index (χ4n) is 8.24. The Kier molecular flexibility index (Phi) is 51.0. The number of carbonyl (C=O) groups is 3. The summed E-state index contributed by atoms with van der Waals surface area (Å²) in [6.07, 6.45) is 64.5. The molecule has 0 aliphatic heterocycles. The van der Waals surface area contributed by atoms with Gasteiger partial charge in [0.05, 0.1) is 34.4 Å². The second kappa shape index (κ2) is 53.3. The van der Waals surface area contributed by atoms with Gasteiger partial charge in [0.2, 0.25) is 0 Å². The van der Waals surface area contributed by atoms with Gasteiger partial charge in [0.15, 0.2) is 6.10 Å². The molecule has 0 aromatic carbocycles. The Morgan fingerprint density at radius 2 is 0.803 bits per heavy atom. The molecule has 2 unspecified atom stereocenters. The lowest BCUT2D eigenvalue weighted by atomic mass is 10.0. The summed E-state index contributed by atoms with van der Waals surface area (Å²) in [6, 6.07) is 0. The molecule has 0 saturated heterocycles. The number of quaternary nitrogens is 1. The van der Waals surface area contributed by atoms with Crippen LogP contribution in [0.2, 0.25) is 0 Å². The van der Waals surface area contributed by atoms with E-state index in [1.807, 2.05) is 21.1 Å². The molecule has 0 heterocycles. The number of allylic oxidation sites excluding steroid dienone is 10. The summed E-state index contributed by atoms with van der Waals surface area (Å²) in [5.74, 6) is -2.02. The molecule has 9 nitrogen and oxygen atoms in total. The molecule has 0 rings (SSSR count). The molecule has 0 aliphatic rings. The van der Waals surface area contributed by atoms with Crippen molar-refractivity contribution in [3.8, 4) is 0 Å². The standard InChI is InChI=1S/C62H111NO8/c1-6-8-10-12-14-16-18-20-22-24-26-27-28-29-30-31-32-33-35-36-38-40-42-44-46-48-50-52-59(64)69-56-58(57-70-62(61(66)67)68-55-54-63(3,4)5)71-60(65)53-51-49-47-45-43-41-39-37-34-25-23-21-19-17-15-13-11-9-7-2/h9,11,15,17,21,23-24,26,34,37,58,62H,6-8,10,12-14,16,18-20,22,25,27-33,35-36,38-57H2,1-5H3/p+1/b11-9-,17-15-,23-21-,26-24-,37-34-. The highest BCUT2D eigenvalue weighted by Gasteiger charge is 2.25. The van der Waals surface area contributed by atoms with Crippen molar-refractivity contribution in [3.05, 3.63) is 60.8 Å². The van der Waals surface area contributed by atoms with Gasteiger partial charge in [0, 0.05) is 12.8 Å². The molecule has 0 aliphatic carbocycles. The van der Waals surface area contributed by atoms with Gasteiger partial charge >= 0.3 is 17.9 Å². The second-order valence-electron chi connectivity index (χ2n) is 20.9. The molecule has 0 bridgehead atoms. The fourth-order valence-corrected chi connectivity index (χ4v) is 8.24. The van der Waals surface area contributed by atoms with Gasteiger partial charge in [-0.3, -0.25) is 9.59 Å². The van der Waals surface area contributed by atoms with Crippen LogP contribution in [0, 0.1) is 0 Å². The van der Waals surface area contributed by atoms with Crippen LogP contribution >= 0.6 is 0 Å². The lowest BCUT2D eigenvalue weighted by Crippen LogP contribution is -2.40. The highest BCUT2D eigenvalue weighted by molar-refractivity contribution is 5.71. The van der Waals surface area contributed by atoms with Gasteiger partial charge in [0.25, 0.3) is 6.29 Å². The zero-order valence-corrected chi connectivity index (χ0v) is 46.9. The third-order valence-corrected chi connectivity index (χ3v) is 12.8. The minimum atomic E-state index is -1.52. The largest absolute Gasteiger partial charge is 0.477 e. The third kappa shape index (κ3) is 54.6. The number of hydrogen-bond donors (Lipinski definition) is 1. The molecule has 9 heteroatoms. The first-order chi connectivity index (χ1) is 34.6. The molecule has 1 N–H and O–H groups in total. The van der Waals surface area contributed by atoms with Gasteiger partial charge in [0.1, 0.15) is 13.2 Å². The number of ether oxygens (including phenoxy) is 4. The maximum atomic E-state index is 12.9. The number of hydrogen-bond acceptors (Lipinski definition) is 7. The van der Waals surface area contributed by atoms with Crippen LogP contribution in [-0.2, 0) is 33.3 Å². The Morgan fingerprint density at radius 3 is 1.21 bits per heavy atom. The molecule has 0 saturated carbocycles. The minimum Gasteiger partial charge on any atom is -0.477 e. The summed E-state index contributed by atoms with van der Waals surface area (Å²) in [4.78, 5) is 37.4. The number of carbonyl (C=O) groups excluding carboxylic acids is 2. The number of rotatable bonds is 54. The SMILES string of the molecule is CC/C=C\C/C=C\C/C=C\C/C=C\CCCCCCCCC(=O)OC(COC(=O)CCCCCCCCCCCCCCCCC/C=C\CCCCCCCCCC)COC(OCC[N+](C)(C)C)C(=O)O. The lowest BCUT2D eigenvalue weighted by Gasteiger charge is -2.25. The average molecular weight is 1000 g/mol. The molecular formula is C62H112NO8+. The second-order valence-corrected chi connectivity index (χ2v) is 20.9. The Balaban J connectivity index is 4.20. The summed E-state index contributed by atoms with van der Waals surface area (Å²) in [7, 11) is 5.96. The predicted molar refractivity (Wildman–Crippen MR) is 300 cm³/mol. The molecular weight excluding hydrogens is 887 g/mol. The van der Waals surface area contributed by atoms with E-state index in [0.29, 0.717) is 23.9 Å². The van der Waals surface area contributed by atoms with Crippen LogP contribution in [-0.4, -0.2) is 87.4 Å². The molecule has 0 spiro atoms. The predicted octanol–water partition coefficient (Wildman–Crippen LogP) is 17.2. The van der Waals surface area contributed by atoms with Crippen molar-refractivity contribution in [2.24, 2.45) is 0 Å². The number of esters is 2. The van der Waals surface area contributed by atoms with Crippen LogP contribution in [0.5, 0.6) is 0 Å². The van der Waals surface area contributed by atoms with Crippen molar-refractivity contribution >= 4 is 17.9 Å². The molecule has 0 radical (unpaired) electrons. The molecule has 71 heavy (non-hydrogen) atoms. The molecule has 0 amide bonds. The maximum Gasteiger partial charge on any atom is 0.361 e. The summed E-state index contributed by atoms with van der Waals surface area (Å²) in [6.45, 7) is 4.77. The first-order valence-corrected chi connectivity index (χ1v) is 29.5. The van der Waals surface area contributed by atoms with Crippen molar-refractivity contribution in [3.63, 3.8) is 0 Å². The highest BCUT2D eigenvalue weighted by Crippen LogP contribution is 2.16. The first kappa shape index (κ1) is 68.0. The summed E-state index contributed by atoms with van der Waals surface area (Å²) >= 11 is 0. The van der Waals surface area contributed by atoms with Crippen LogP contribution < -0.4 is 0 Å². The van der Waals surface area contributed by atoms with E-state index in [1.165, 1.54) is 141 Å². The van der Waals surface area contributed by atoms with Gasteiger partial charge in [-0.1, -0.05) is 229 Å². The number of carboxylic acids is 1. The quantitative estimate of drug-likeness (QED) is 0.0211. The van der Waals surface area contributed by atoms with Crippen molar-refractivity contribution in [1.29, 1.82) is 0 Å². The average Bonchev–Trinajstić information content (AvgIpc) is 3.34. The number of aliphatic carboxylic acids is 1. The molecule has 0 aromatic heterocycles. The van der Waals surface area contributed by atoms with Crippen LogP contribution in [0.25, 0.3) is 0 Å². The summed E-state index contributed by atoms with van der Waals surface area (Å²) in [5.41, 5.74) is 0. The first-order valence-electron chi connectivity index (χ1n) is 29.5. The third-order valence-electron chi connectivity index (χ3n) is 12.8. The van der Waals surface area contributed by atoms with E-state index in [-0.39, 0.29) is 32.2 Å². The van der Waals surface area contributed by atoms with Crippen LogP contribution in [0.3, 0.4) is 0 Å². The minimum absolute atomic E-state index is 0.183. The Bertz CT molecular complexity index is 1350. The number of carboxylic acid groups (broad SMARTS) is 1. The van der Waals surface area contributed by atoms with Crippen molar-refractivity contribution in [2.45, 2.75) is 270 Å². The van der Waals surface area contributed by atoms with Crippen LogP contribution in [0.1, 0.15) is 258 Å². The molecule has 0 aromatic rings. The van der Waals surface area contributed by atoms with Gasteiger partial charge in [-0.05, 0) is 77.0 Å². The van der Waals surface area contributed by atoms with Crippen LogP contribution in [0.15, 0.2) is 60.8 Å². The Morgan fingerprint density at radius 1 is 0.437 bits per heavy atom. The van der Waals surface area contributed by atoms with E-state index < -0.39 is 24.3 Å². The van der Waals surface area contributed by atoms with E-state index in [0.717, 1.165) is 83.5 Å². The normalized spacial score (nSPS) is 13.2. The van der Waals surface area contributed by atoms with E-state index in [2.05, 4.69) is 74.6 Å². The van der Waals surface area contributed by atoms with E-state index in [4.69, 9.17) is 18.9 Å². The zero-order valence-electron chi connectivity index (χ0n) is 46.9.